The monoisotopic (exact) mass is 328 g/mol. The molecule has 0 bridgehead atoms. The van der Waals surface area contributed by atoms with Crippen LogP contribution in [0.4, 0.5) is 0 Å². The second-order valence-electron chi connectivity index (χ2n) is 5.90. The zero-order chi connectivity index (χ0) is 17.4. The third-order valence-electron chi connectivity index (χ3n) is 3.75. The Bertz CT molecular complexity index is 654. The van der Waals surface area contributed by atoms with E-state index in [1.54, 1.807) is 6.33 Å². The number of guanidine groups is 1. The number of benzene rings is 1. The molecule has 0 saturated heterocycles. The average molecular weight is 328 g/mol. The van der Waals surface area contributed by atoms with Gasteiger partial charge in [0.1, 0.15) is 12.9 Å². The van der Waals surface area contributed by atoms with Gasteiger partial charge in [-0.1, -0.05) is 29.3 Å². The van der Waals surface area contributed by atoms with Crippen LogP contribution in [0.3, 0.4) is 0 Å². The summed E-state index contributed by atoms with van der Waals surface area (Å²) in [6.07, 6.45) is 2.71. The third kappa shape index (κ3) is 5.37. The van der Waals surface area contributed by atoms with Gasteiger partial charge in [-0.05, 0) is 39.7 Å². The number of aromatic nitrogens is 3. The maximum atomic E-state index is 4.60. The van der Waals surface area contributed by atoms with E-state index in [0.717, 1.165) is 37.8 Å². The van der Waals surface area contributed by atoms with Gasteiger partial charge in [-0.2, -0.15) is 0 Å². The zero-order valence-corrected chi connectivity index (χ0v) is 15.1. The Labute approximate surface area is 144 Å². The normalized spacial score (nSPS) is 11.6. The van der Waals surface area contributed by atoms with Crippen molar-refractivity contribution in [2.24, 2.45) is 4.99 Å². The largest absolute Gasteiger partial charge is 0.357 e. The molecule has 6 heteroatoms. The Kier molecular flexibility index (Phi) is 6.78. The predicted octanol–water partition coefficient (Wildman–Crippen LogP) is 2.21. The molecule has 0 amide bonds. The summed E-state index contributed by atoms with van der Waals surface area (Å²) in [6.45, 7) is 11.5. The Morgan fingerprint density at radius 3 is 2.54 bits per heavy atom. The predicted molar refractivity (Wildman–Crippen MR) is 98.1 cm³/mol. The number of aryl methyl sites for hydroxylation is 3. The van der Waals surface area contributed by atoms with Gasteiger partial charge in [0.15, 0.2) is 11.8 Å². The molecule has 6 nitrogen and oxygen atoms in total. The number of nitrogens with zero attached hydrogens (tertiary/aromatic N) is 4. The van der Waals surface area contributed by atoms with Crippen LogP contribution in [0.25, 0.3) is 0 Å². The molecule has 2 rings (SSSR count). The summed E-state index contributed by atoms with van der Waals surface area (Å²) >= 11 is 0. The van der Waals surface area contributed by atoms with E-state index in [2.05, 4.69) is 71.7 Å². The number of hydrogen-bond acceptors (Lipinski definition) is 3. The number of rotatable bonds is 7. The van der Waals surface area contributed by atoms with E-state index in [0.29, 0.717) is 6.54 Å². The van der Waals surface area contributed by atoms with Crippen molar-refractivity contribution >= 4 is 5.96 Å². The van der Waals surface area contributed by atoms with Crippen molar-refractivity contribution in [1.82, 2.24) is 25.4 Å². The Hall–Kier alpha value is -2.37. The second-order valence-corrected chi connectivity index (χ2v) is 5.90. The molecule has 1 aromatic heterocycles. The van der Waals surface area contributed by atoms with Crippen LogP contribution in [-0.4, -0.2) is 33.8 Å². The van der Waals surface area contributed by atoms with Crippen molar-refractivity contribution in [1.29, 1.82) is 0 Å². The van der Waals surface area contributed by atoms with Crippen molar-refractivity contribution in [3.63, 3.8) is 0 Å². The number of nitrogens with one attached hydrogen (secondary N) is 2. The lowest BCUT2D eigenvalue weighted by Crippen LogP contribution is -2.38. The van der Waals surface area contributed by atoms with Gasteiger partial charge in [0.05, 0.1) is 0 Å². The molecule has 0 aliphatic rings. The lowest BCUT2D eigenvalue weighted by Gasteiger charge is -2.12. The quantitative estimate of drug-likeness (QED) is 0.604. The van der Waals surface area contributed by atoms with Gasteiger partial charge < -0.3 is 15.2 Å². The minimum absolute atomic E-state index is 0.521. The number of aliphatic imine (C=N–C) groups is 1. The summed E-state index contributed by atoms with van der Waals surface area (Å²) in [7, 11) is 0. The smallest absolute Gasteiger partial charge is 0.191 e. The van der Waals surface area contributed by atoms with Gasteiger partial charge >= 0.3 is 0 Å². The van der Waals surface area contributed by atoms with Crippen molar-refractivity contribution in [2.45, 2.75) is 47.2 Å². The fourth-order valence-corrected chi connectivity index (χ4v) is 2.70. The minimum atomic E-state index is 0.521. The molecular formula is C18H28N6. The standard InChI is InChI=1S/C18H28N6/c1-5-19-18(21-12-17-23-22-13-24(17)6-2)20-8-7-16-10-14(3)9-15(4)11-16/h9-11,13H,5-8,12H2,1-4H3,(H2,19,20,21). The fraction of sp³-hybridized carbons (Fsp3) is 0.500. The van der Waals surface area contributed by atoms with Crippen LogP contribution in [0.15, 0.2) is 29.5 Å². The average Bonchev–Trinajstić information content (AvgIpc) is 2.99. The third-order valence-corrected chi connectivity index (χ3v) is 3.75. The highest BCUT2D eigenvalue weighted by molar-refractivity contribution is 5.79. The molecule has 0 radical (unpaired) electrons. The van der Waals surface area contributed by atoms with Crippen LogP contribution in [0.5, 0.6) is 0 Å². The van der Waals surface area contributed by atoms with E-state index in [1.807, 2.05) is 4.57 Å². The van der Waals surface area contributed by atoms with Crippen LogP contribution < -0.4 is 10.6 Å². The first kappa shape index (κ1) is 18.0. The van der Waals surface area contributed by atoms with E-state index >= 15 is 0 Å². The molecule has 24 heavy (non-hydrogen) atoms. The summed E-state index contributed by atoms with van der Waals surface area (Å²) < 4.78 is 2.00. The molecule has 0 saturated carbocycles. The lowest BCUT2D eigenvalue weighted by atomic mass is 10.1. The van der Waals surface area contributed by atoms with Gasteiger partial charge in [-0.25, -0.2) is 4.99 Å². The fourth-order valence-electron chi connectivity index (χ4n) is 2.70. The molecule has 0 fully saturated rings. The van der Waals surface area contributed by atoms with Gasteiger partial charge in [0.2, 0.25) is 0 Å². The molecule has 130 valence electrons. The van der Waals surface area contributed by atoms with E-state index in [9.17, 15) is 0 Å². The summed E-state index contributed by atoms with van der Waals surface area (Å²) in [5.41, 5.74) is 3.97. The Balaban J connectivity index is 1.91. The number of hydrogen-bond donors (Lipinski definition) is 2. The van der Waals surface area contributed by atoms with Crippen LogP contribution >= 0.6 is 0 Å². The molecule has 2 aromatic rings. The highest BCUT2D eigenvalue weighted by Crippen LogP contribution is 2.09. The molecule has 1 heterocycles. The van der Waals surface area contributed by atoms with Gasteiger partial charge in [0, 0.05) is 19.6 Å². The second kappa shape index (κ2) is 9.05. The first-order chi connectivity index (χ1) is 11.6. The van der Waals surface area contributed by atoms with Crippen LogP contribution in [0.1, 0.15) is 36.4 Å². The molecule has 0 unspecified atom stereocenters. The summed E-state index contributed by atoms with van der Waals surface area (Å²) in [4.78, 5) is 4.60. The maximum Gasteiger partial charge on any atom is 0.191 e. The van der Waals surface area contributed by atoms with E-state index < -0.39 is 0 Å². The summed E-state index contributed by atoms with van der Waals surface area (Å²) in [6, 6.07) is 6.68. The van der Waals surface area contributed by atoms with Crippen molar-refractivity contribution in [3.05, 3.63) is 47.0 Å². The van der Waals surface area contributed by atoms with Crippen LogP contribution in [-0.2, 0) is 19.5 Å². The molecule has 0 aliphatic carbocycles. The van der Waals surface area contributed by atoms with Crippen molar-refractivity contribution in [3.8, 4) is 0 Å². The van der Waals surface area contributed by atoms with Crippen LogP contribution in [0.2, 0.25) is 0 Å². The Morgan fingerprint density at radius 1 is 1.12 bits per heavy atom. The summed E-state index contributed by atoms with van der Waals surface area (Å²) in [5.74, 6) is 1.69. The molecule has 0 aliphatic heterocycles. The lowest BCUT2D eigenvalue weighted by molar-refractivity contribution is 0.693. The molecule has 0 atom stereocenters. The molecule has 2 N–H and O–H groups in total. The van der Waals surface area contributed by atoms with E-state index in [4.69, 9.17) is 0 Å². The SMILES string of the molecule is CCNC(=NCc1nncn1CC)NCCc1cc(C)cc(C)c1. The van der Waals surface area contributed by atoms with E-state index in [-0.39, 0.29) is 0 Å². The minimum Gasteiger partial charge on any atom is -0.357 e. The van der Waals surface area contributed by atoms with Crippen molar-refractivity contribution in [2.75, 3.05) is 13.1 Å². The Morgan fingerprint density at radius 2 is 1.88 bits per heavy atom. The summed E-state index contributed by atoms with van der Waals surface area (Å²) in [5, 5.41) is 14.7. The molecule has 1 aromatic carbocycles. The van der Waals surface area contributed by atoms with Crippen LogP contribution in [0, 0.1) is 13.8 Å². The van der Waals surface area contributed by atoms with Gasteiger partial charge in [0.25, 0.3) is 0 Å². The highest BCUT2D eigenvalue weighted by atomic mass is 15.3. The molecule has 0 spiro atoms. The topological polar surface area (TPSA) is 67.1 Å². The zero-order valence-electron chi connectivity index (χ0n) is 15.1. The maximum absolute atomic E-state index is 4.60. The van der Waals surface area contributed by atoms with Gasteiger partial charge in [-0.15, -0.1) is 10.2 Å². The first-order valence-electron chi connectivity index (χ1n) is 8.58. The molecular weight excluding hydrogens is 300 g/mol. The van der Waals surface area contributed by atoms with E-state index in [1.165, 1.54) is 16.7 Å². The first-order valence-corrected chi connectivity index (χ1v) is 8.58. The highest BCUT2D eigenvalue weighted by Gasteiger charge is 2.03. The van der Waals surface area contributed by atoms with Crippen molar-refractivity contribution < 1.29 is 0 Å². The van der Waals surface area contributed by atoms with Gasteiger partial charge in [-0.3, -0.25) is 0 Å².